The number of Topliss-reactive ketones (excluding diaryl/α,β-unsaturated/α-hetero) is 1. The topological polar surface area (TPSA) is 95.7 Å². The maximum absolute atomic E-state index is 13.1. The second-order valence-corrected chi connectivity index (χ2v) is 9.64. The smallest absolute Gasteiger partial charge is 0.165 e. The SMILES string of the molecule is CCN[C@@H](C)CCC(=O)c1cc(-c2cnn3ccc(-c4cccs4)nc23)nc(N2CC(O)C2)c1. The monoisotopic (exact) mass is 476 g/mol. The van der Waals surface area contributed by atoms with E-state index < -0.39 is 0 Å². The molecule has 1 aliphatic rings. The van der Waals surface area contributed by atoms with Gasteiger partial charge in [-0.15, -0.1) is 11.3 Å². The molecule has 1 saturated heterocycles. The lowest BCUT2D eigenvalue weighted by Gasteiger charge is -2.37. The summed E-state index contributed by atoms with van der Waals surface area (Å²) < 4.78 is 1.73. The molecule has 0 aliphatic carbocycles. The summed E-state index contributed by atoms with van der Waals surface area (Å²) in [5.74, 6) is 0.777. The Hall–Kier alpha value is -3.14. The lowest BCUT2D eigenvalue weighted by Crippen LogP contribution is -2.51. The second kappa shape index (κ2) is 9.61. The number of anilines is 1. The van der Waals surface area contributed by atoms with Gasteiger partial charge < -0.3 is 15.3 Å². The number of nitrogens with zero attached hydrogens (tertiary/aromatic N) is 5. The minimum atomic E-state index is -0.363. The van der Waals surface area contributed by atoms with Crippen LogP contribution >= 0.6 is 11.3 Å². The standard InChI is InChI=1S/C25H28N6O2S/c1-3-26-16(2)6-7-22(33)17-11-21(28-24(12-17)30-14-18(32)15-30)19-13-27-31-9-8-20(29-25(19)31)23-5-4-10-34-23/h4-5,8-13,16,18,26,32H,3,6-7,14-15H2,1-2H3/t16-/m0/s1. The molecule has 0 saturated carbocycles. The van der Waals surface area contributed by atoms with Gasteiger partial charge in [0.2, 0.25) is 0 Å². The molecule has 0 spiro atoms. The molecular formula is C25H28N6O2S. The lowest BCUT2D eigenvalue weighted by molar-refractivity contribution is 0.0976. The third-order valence-electron chi connectivity index (χ3n) is 6.10. The first-order valence-corrected chi connectivity index (χ1v) is 12.5. The van der Waals surface area contributed by atoms with Gasteiger partial charge in [-0.25, -0.2) is 14.5 Å². The zero-order chi connectivity index (χ0) is 23.7. The fourth-order valence-electron chi connectivity index (χ4n) is 4.17. The Kier molecular flexibility index (Phi) is 6.40. The number of aliphatic hydroxyl groups is 1. The van der Waals surface area contributed by atoms with Crippen LogP contribution < -0.4 is 10.2 Å². The van der Waals surface area contributed by atoms with Gasteiger partial charge in [0.25, 0.3) is 0 Å². The number of aliphatic hydroxyl groups excluding tert-OH is 1. The summed E-state index contributed by atoms with van der Waals surface area (Å²) in [5.41, 5.74) is 3.63. The summed E-state index contributed by atoms with van der Waals surface area (Å²) in [4.78, 5) is 25.9. The number of fused-ring (bicyclic) bond motifs is 1. The van der Waals surface area contributed by atoms with Crippen LogP contribution in [0.1, 0.15) is 37.0 Å². The van der Waals surface area contributed by atoms with Crippen molar-refractivity contribution in [3.63, 3.8) is 0 Å². The zero-order valence-electron chi connectivity index (χ0n) is 19.3. The van der Waals surface area contributed by atoms with Crippen molar-refractivity contribution in [3.8, 4) is 21.8 Å². The van der Waals surface area contributed by atoms with E-state index in [0.29, 0.717) is 42.2 Å². The van der Waals surface area contributed by atoms with Crippen molar-refractivity contribution in [3.05, 3.63) is 53.7 Å². The molecule has 4 aromatic rings. The van der Waals surface area contributed by atoms with Crippen molar-refractivity contribution in [1.82, 2.24) is 24.9 Å². The van der Waals surface area contributed by atoms with Crippen molar-refractivity contribution < 1.29 is 9.90 Å². The molecule has 2 N–H and O–H groups in total. The normalized spacial score (nSPS) is 15.0. The van der Waals surface area contributed by atoms with Gasteiger partial charge in [-0.1, -0.05) is 13.0 Å². The highest BCUT2D eigenvalue weighted by Gasteiger charge is 2.27. The predicted octanol–water partition coefficient (Wildman–Crippen LogP) is 3.66. The molecule has 176 valence electrons. The molecule has 34 heavy (non-hydrogen) atoms. The molecule has 5 rings (SSSR count). The van der Waals surface area contributed by atoms with Crippen molar-refractivity contribution >= 4 is 28.6 Å². The van der Waals surface area contributed by atoms with E-state index in [1.165, 1.54) is 0 Å². The van der Waals surface area contributed by atoms with Crippen LogP contribution in [0.25, 0.3) is 27.5 Å². The number of carbonyl (C=O) groups excluding carboxylic acids is 1. The molecule has 0 unspecified atom stereocenters. The number of pyridine rings is 1. The molecule has 8 nitrogen and oxygen atoms in total. The molecule has 1 aliphatic heterocycles. The van der Waals surface area contributed by atoms with Crippen molar-refractivity contribution in [2.24, 2.45) is 0 Å². The first-order valence-electron chi connectivity index (χ1n) is 11.6. The molecule has 0 bridgehead atoms. The molecule has 0 amide bonds. The average molecular weight is 477 g/mol. The van der Waals surface area contributed by atoms with Crippen LogP contribution in [0, 0.1) is 0 Å². The Bertz CT molecular complexity index is 1300. The highest BCUT2D eigenvalue weighted by Crippen LogP contribution is 2.30. The number of nitrogens with one attached hydrogen (secondary N) is 1. The van der Waals surface area contributed by atoms with Gasteiger partial charge in [-0.05, 0) is 49.5 Å². The van der Waals surface area contributed by atoms with E-state index in [2.05, 4.69) is 24.3 Å². The fourth-order valence-corrected chi connectivity index (χ4v) is 4.87. The Morgan fingerprint density at radius 1 is 1.26 bits per heavy atom. The van der Waals surface area contributed by atoms with Crippen LogP contribution in [0.3, 0.4) is 0 Å². The largest absolute Gasteiger partial charge is 0.389 e. The van der Waals surface area contributed by atoms with Gasteiger partial charge in [0.1, 0.15) is 5.82 Å². The lowest BCUT2D eigenvalue weighted by atomic mass is 10.0. The van der Waals surface area contributed by atoms with Crippen molar-refractivity contribution in [1.29, 1.82) is 0 Å². The number of aromatic nitrogens is 4. The number of hydrogen-bond donors (Lipinski definition) is 2. The van der Waals surface area contributed by atoms with E-state index in [1.807, 2.05) is 46.8 Å². The molecule has 0 radical (unpaired) electrons. The molecule has 9 heteroatoms. The zero-order valence-corrected chi connectivity index (χ0v) is 20.1. The third-order valence-corrected chi connectivity index (χ3v) is 6.99. The number of hydrogen-bond acceptors (Lipinski definition) is 8. The quantitative estimate of drug-likeness (QED) is 0.356. The van der Waals surface area contributed by atoms with E-state index in [0.717, 1.165) is 29.1 Å². The average Bonchev–Trinajstić information content (AvgIpc) is 3.50. The number of ketones is 1. The van der Waals surface area contributed by atoms with Crippen LogP contribution in [0.15, 0.2) is 48.1 Å². The van der Waals surface area contributed by atoms with Crippen LogP contribution in [0.4, 0.5) is 5.82 Å². The number of carbonyl (C=O) groups is 1. The van der Waals surface area contributed by atoms with Gasteiger partial charge >= 0.3 is 0 Å². The Morgan fingerprint density at radius 2 is 2.12 bits per heavy atom. The summed E-state index contributed by atoms with van der Waals surface area (Å²) in [7, 11) is 0. The van der Waals surface area contributed by atoms with Crippen LogP contribution in [-0.4, -0.2) is 62.3 Å². The third kappa shape index (κ3) is 4.59. The summed E-state index contributed by atoms with van der Waals surface area (Å²) >= 11 is 1.64. The van der Waals surface area contributed by atoms with Crippen molar-refractivity contribution in [2.45, 2.75) is 38.8 Å². The minimum absolute atomic E-state index is 0.0828. The number of rotatable bonds is 9. The van der Waals surface area contributed by atoms with Gasteiger partial charge in [0.05, 0.1) is 34.1 Å². The molecule has 4 aromatic heterocycles. The van der Waals surface area contributed by atoms with E-state index in [9.17, 15) is 9.90 Å². The summed E-state index contributed by atoms with van der Waals surface area (Å²) in [6.07, 6.45) is 4.50. The van der Waals surface area contributed by atoms with Gasteiger partial charge in [0.15, 0.2) is 11.4 Å². The summed E-state index contributed by atoms with van der Waals surface area (Å²) in [5, 5.41) is 19.7. The Morgan fingerprint density at radius 3 is 2.85 bits per heavy atom. The first-order chi connectivity index (χ1) is 16.5. The molecule has 1 atom stereocenters. The van der Waals surface area contributed by atoms with Crippen LogP contribution in [0.2, 0.25) is 0 Å². The van der Waals surface area contributed by atoms with Crippen LogP contribution in [0.5, 0.6) is 0 Å². The molecule has 1 fully saturated rings. The maximum Gasteiger partial charge on any atom is 0.165 e. The number of thiophene rings is 1. The highest BCUT2D eigenvalue weighted by molar-refractivity contribution is 7.13. The van der Waals surface area contributed by atoms with Gasteiger partial charge in [0, 0.05) is 37.3 Å². The van der Waals surface area contributed by atoms with E-state index >= 15 is 0 Å². The predicted molar refractivity (Wildman–Crippen MR) is 134 cm³/mol. The van der Waals surface area contributed by atoms with Gasteiger partial charge in [-0.2, -0.15) is 5.10 Å². The van der Waals surface area contributed by atoms with E-state index in [4.69, 9.17) is 9.97 Å². The van der Waals surface area contributed by atoms with Gasteiger partial charge in [-0.3, -0.25) is 4.79 Å². The fraction of sp³-hybridized carbons (Fsp3) is 0.360. The molecular weight excluding hydrogens is 448 g/mol. The van der Waals surface area contributed by atoms with Crippen molar-refractivity contribution in [2.75, 3.05) is 24.5 Å². The Labute approximate surface area is 202 Å². The number of β-amino-alcohol motifs (C(OH)–C–C–N with tert-alkyl or cyclic N) is 1. The van der Waals surface area contributed by atoms with E-state index in [-0.39, 0.29) is 17.9 Å². The second-order valence-electron chi connectivity index (χ2n) is 8.70. The molecule has 0 aromatic carbocycles. The minimum Gasteiger partial charge on any atom is -0.389 e. The maximum atomic E-state index is 13.1. The molecule has 5 heterocycles. The first kappa shape index (κ1) is 22.6. The summed E-state index contributed by atoms with van der Waals surface area (Å²) in [6, 6.07) is 9.95. The van der Waals surface area contributed by atoms with E-state index in [1.54, 1.807) is 22.0 Å². The van der Waals surface area contributed by atoms with Crippen LogP contribution in [-0.2, 0) is 0 Å². The Balaban J connectivity index is 1.52. The highest BCUT2D eigenvalue weighted by atomic mass is 32.1. The summed E-state index contributed by atoms with van der Waals surface area (Å²) in [6.45, 7) is 6.06.